The van der Waals surface area contributed by atoms with E-state index in [1.54, 1.807) is 32.7 Å². The van der Waals surface area contributed by atoms with Crippen LogP contribution in [0.3, 0.4) is 0 Å². The Kier molecular flexibility index (Phi) is 5.17. The molecule has 3 rings (SSSR count). The fraction of sp³-hybridized carbons (Fsp3) is 0.211. The summed E-state index contributed by atoms with van der Waals surface area (Å²) in [5.41, 5.74) is 1.47. The molecule has 0 amide bonds. The van der Waals surface area contributed by atoms with E-state index in [4.69, 9.17) is 9.47 Å². The topological polar surface area (TPSA) is 89.5 Å². The van der Waals surface area contributed by atoms with Crippen molar-refractivity contribution in [1.82, 2.24) is 4.98 Å². The van der Waals surface area contributed by atoms with Gasteiger partial charge in [-0.25, -0.2) is 0 Å². The van der Waals surface area contributed by atoms with Gasteiger partial charge in [0.15, 0.2) is 11.5 Å². The van der Waals surface area contributed by atoms with Crippen LogP contribution in [0.4, 0.5) is 11.4 Å². The molecular weight excluding hydrogens is 334 g/mol. The lowest BCUT2D eigenvalue weighted by atomic mass is 10.1. The summed E-state index contributed by atoms with van der Waals surface area (Å²) >= 11 is 0. The first-order valence-corrected chi connectivity index (χ1v) is 8.05. The van der Waals surface area contributed by atoms with Gasteiger partial charge in [0.25, 0.3) is 10.9 Å². The molecule has 0 fully saturated rings. The third kappa shape index (κ3) is 3.51. The second-order valence-corrected chi connectivity index (χ2v) is 5.66. The van der Waals surface area contributed by atoms with Crippen LogP contribution >= 0.6 is 0 Å². The van der Waals surface area contributed by atoms with Crippen LogP contribution in [0.2, 0.25) is 0 Å². The van der Waals surface area contributed by atoms with Gasteiger partial charge in [-0.05, 0) is 35.4 Å². The van der Waals surface area contributed by atoms with E-state index >= 15 is 0 Å². The number of nitrogens with zero attached hydrogens (tertiary/aromatic N) is 1. The van der Waals surface area contributed by atoms with Crippen molar-refractivity contribution >= 4 is 11.4 Å². The summed E-state index contributed by atoms with van der Waals surface area (Å²) in [7, 11) is 3.13. The monoisotopic (exact) mass is 353 g/mol. The van der Waals surface area contributed by atoms with Crippen LogP contribution in [-0.4, -0.2) is 19.2 Å². The average molecular weight is 353 g/mol. The van der Waals surface area contributed by atoms with Crippen molar-refractivity contribution in [2.24, 2.45) is 0 Å². The van der Waals surface area contributed by atoms with Crippen LogP contribution in [0.25, 0.3) is 0 Å². The first kappa shape index (κ1) is 17.5. The molecule has 1 heterocycles. The zero-order valence-electron chi connectivity index (χ0n) is 14.5. The van der Waals surface area contributed by atoms with Crippen LogP contribution in [0, 0.1) is 0 Å². The van der Waals surface area contributed by atoms with Gasteiger partial charge in [0.05, 0.1) is 14.2 Å². The van der Waals surface area contributed by atoms with Gasteiger partial charge in [-0.3, -0.25) is 14.6 Å². The van der Waals surface area contributed by atoms with E-state index in [0.717, 1.165) is 11.1 Å². The Morgan fingerprint density at radius 1 is 0.808 bits per heavy atom. The molecule has 26 heavy (non-hydrogen) atoms. The second kappa shape index (κ2) is 7.69. The number of rotatable bonds is 8. The normalized spacial score (nSPS) is 10.5. The number of nitrogens with one attached hydrogen (secondary N) is 2. The Balaban J connectivity index is 1.68. The minimum absolute atomic E-state index is 0.304. The van der Waals surface area contributed by atoms with E-state index in [2.05, 4.69) is 15.6 Å². The Labute approximate surface area is 150 Å². The molecule has 1 aromatic heterocycles. The predicted octanol–water partition coefficient (Wildman–Crippen LogP) is 1.92. The number of methoxy groups -OCH3 is 2. The Morgan fingerprint density at radius 3 is 1.96 bits per heavy atom. The molecule has 0 aliphatic rings. The van der Waals surface area contributed by atoms with E-state index in [9.17, 15) is 9.59 Å². The standard InChI is InChI=1S/C19H19N3O4/c1-25-14-4-3-13(9-15(14)26-2)11-22-17-16(18(23)19(17)24)21-10-12-5-7-20-8-6-12/h3-9,21-22H,10-11H2,1-2H3. The lowest BCUT2D eigenvalue weighted by Gasteiger charge is -2.15. The molecule has 0 atom stereocenters. The molecule has 0 saturated carbocycles. The molecule has 134 valence electrons. The van der Waals surface area contributed by atoms with Gasteiger partial charge in [0, 0.05) is 25.5 Å². The molecule has 0 unspecified atom stereocenters. The SMILES string of the molecule is COc1ccc(CNc2c(NCc3ccncc3)c(=O)c2=O)cc1OC. The van der Waals surface area contributed by atoms with Gasteiger partial charge in [0.1, 0.15) is 11.4 Å². The summed E-state index contributed by atoms with van der Waals surface area (Å²) in [5, 5.41) is 6.05. The summed E-state index contributed by atoms with van der Waals surface area (Å²) in [6.07, 6.45) is 3.35. The minimum Gasteiger partial charge on any atom is -0.493 e. The maximum absolute atomic E-state index is 11.9. The van der Waals surface area contributed by atoms with Crippen LogP contribution in [0.1, 0.15) is 11.1 Å². The number of hydrogen-bond acceptors (Lipinski definition) is 7. The molecule has 0 bridgehead atoms. The summed E-state index contributed by atoms with van der Waals surface area (Å²) in [6.45, 7) is 0.827. The zero-order chi connectivity index (χ0) is 18.5. The third-order valence-electron chi connectivity index (χ3n) is 4.05. The maximum atomic E-state index is 11.9. The third-order valence-corrected chi connectivity index (χ3v) is 4.05. The van der Waals surface area contributed by atoms with Gasteiger partial charge >= 0.3 is 0 Å². The van der Waals surface area contributed by atoms with E-state index in [0.29, 0.717) is 36.0 Å². The second-order valence-electron chi connectivity index (χ2n) is 5.66. The Morgan fingerprint density at radius 2 is 1.38 bits per heavy atom. The van der Waals surface area contributed by atoms with Crippen molar-refractivity contribution < 1.29 is 9.47 Å². The fourth-order valence-electron chi connectivity index (χ4n) is 2.60. The quantitative estimate of drug-likeness (QED) is 0.598. The van der Waals surface area contributed by atoms with Crippen LogP contribution in [-0.2, 0) is 13.1 Å². The summed E-state index contributed by atoms with van der Waals surface area (Å²) in [6, 6.07) is 9.16. The number of anilines is 2. The molecule has 3 aromatic rings. The number of benzene rings is 1. The first-order valence-electron chi connectivity index (χ1n) is 8.05. The Bertz CT molecular complexity index is 963. The predicted molar refractivity (Wildman–Crippen MR) is 99.8 cm³/mol. The molecule has 0 aliphatic heterocycles. The summed E-state index contributed by atoms with van der Waals surface area (Å²) in [5.74, 6) is 1.23. The molecule has 2 N–H and O–H groups in total. The lowest BCUT2D eigenvalue weighted by Crippen LogP contribution is -2.37. The van der Waals surface area contributed by atoms with E-state index in [-0.39, 0.29) is 0 Å². The molecule has 2 aromatic carbocycles. The number of aromatic nitrogens is 1. The highest BCUT2D eigenvalue weighted by Crippen LogP contribution is 2.28. The van der Waals surface area contributed by atoms with Crippen molar-refractivity contribution in [3.05, 3.63) is 74.3 Å². The van der Waals surface area contributed by atoms with Gasteiger partial charge in [0.2, 0.25) is 0 Å². The minimum atomic E-state index is -0.511. The van der Waals surface area contributed by atoms with Crippen LogP contribution in [0.5, 0.6) is 11.5 Å². The molecule has 0 saturated heterocycles. The highest BCUT2D eigenvalue weighted by molar-refractivity contribution is 5.74. The number of pyridine rings is 1. The highest BCUT2D eigenvalue weighted by atomic mass is 16.5. The Hall–Kier alpha value is -3.35. The van der Waals surface area contributed by atoms with Crippen LogP contribution in [0.15, 0.2) is 52.3 Å². The fourth-order valence-corrected chi connectivity index (χ4v) is 2.60. The molecule has 0 spiro atoms. The summed E-state index contributed by atoms with van der Waals surface area (Å²) < 4.78 is 10.5. The molecule has 0 radical (unpaired) electrons. The van der Waals surface area contributed by atoms with E-state index in [1.807, 2.05) is 24.3 Å². The smallest absolute Gasteiger partial charge is 0.253 e. The van der Waals surface area contributed by atoms with Crippen molar-refractivity contribution in [2.45, 2.75) is 13.1 Å². The van der Waals surface area contributed by atoms with E-state index in [1.165, 1.54) is 0 Å². The van der Waals surface area contributed by atoms with Crippen LogP contribution < -0.4 is 31.0 Å². The van der Waals surface area contributed by atoms with E-state index < -0.39 is 10.9 Å². The number of hydrogen-bond donors (Lipinski definition) is 2. The zero-order valence-corrected chi connectivity index (χ0v) is 14.5. The largest absolute Gasteiger partial charge is 0.493 e. The number of ether oxygens (including phenoxy) is 2. The lowest BCUT2D eigenvalue weighted by molar-refractivity contribution is 0.354. The maximum Gasteiger partial charge on any atom is 0.253 e. The molecular formula is C19H19N3O4. The van der Waals surface area contributed by atoms with Crippen molar-refractivity contribution in [3.63, 3.8) is 0 Å². The average Bonchev–Trinajstić information content (AvgIpc) is 2.70. The van der Waals surface area contributed by atoms with Crippen molar-refractivity contribution in [2.75, 3.05) is 24.9 Å². The van der Waals surface area contributed by atoms with Gasteiger partial charge in [-0.15, -0.1) is 0 Å². The molecule has 0 aliphatic carbocycles. The van der Waals surface area contributed by atoms with Gasteiger partial charge in [-0.2, -0.15) is 0 Å². The van der Waals surface area contributed by atoms with Gasteiger partial charge < -0.3 is 20.1 Å². The van der Waals surface area contributed by atoms with Gasteiger partial charge in [-0.1, -0.05) is 6.07 Å². The first-order chi connectivity index (χ1) is 12.6. The highest BCUT2D eigenvalue weighted by Gasteiger charge is 2.20. The summed E-state index contributed by atoms with van der Waals surface area (Å²) in [4.78, 5) is 27.6. The molecule has 7 nitrogen and oxygen atoms in total. The van der Waals surface area contributed by atoms with Crippen molar-refractivity contribution in [3.8, 4) is 11.5 Å². The van der Waals surface area contributed by atoms with Crippen molar-refractivity contribution in [1.29, 1.82) is 0 Å². The molecule has 7 heteroatoms.